The molecule has 9 heteroatoms. The summed E-state index contributed by atoms with van der Waals surface area (Å²) in [6, 6.07) is 21.2. The second kappa shape index (κ2) is 10.9. The molecule has 8 nitrogen and oxygen atoms in total. The Morgan fingerprint density at radius 1 is 1.00 bits per heavy atom. The van der Waals surface area contributed by atoms with Crippen molar-refractivity contribution in [1.29, 1.82) is 0 Å². The molecule has 0 unspecified atom stereocenters. The summed E-state index contributed by atoms with van der Waals surface area (Å²) in [4.78, 5) is 20.3. The second-order valence-corrected chi connectivity index (χ2v) is 9.23. The first-order chi connectivity index (χ1) is 17.7. The molecule has 0 saturated carbocycles. The van der Waals surface area contributed by atoms with E-state index >= 15 is 0 Å². The minimum atomic E-state index is -0.660. The van der Waals surface area contributed by atoms with Gasteiger partial charge in [0, 0.05) is 23.1 Å². The third kappa shape index (κ3) is 7.17. The van der Waals surface area contributed by atoms with Crippen molar-refractivity contribution in [3.8, 4) is 17.0 Å². The van der Waals surface area contributed by atoms with Gasteiger partial charge < -0.3 is 20.5 Å². The van der Waals surface area contributed by atoms with Crippen molar-refractivity contribution in [2.75, 3.05) is 16.4 Å². The number of nitrogen functional groups attached to an aromatic ring is 1. The molecule has 1 amide bonds. The molecule has 4 N–H and O–H groups in total. The molecule has 0 radical (unpaired) electrons. The molecule has 0 aliphatic heterocycles. The molecule has 190 valence electrons. The van der Waals surface area contributed by atoms with Crippen molar-refractivity contribution in [1.82, 2.24) is 9.97 Å². The van der Waals surface area contributed by atoms with Crippen LogP contribution < -0.4 is 21.1 Å². The van der Waals surface area contributed by atoms with Crippen LogP contribution in [0.3, 0.4) is 0 Å². The molecule has 4 rings (SSSR count). The van der Waals surface area contributed by atoms with Crippen LogP contribution in [0.4, 0.5) is 32.2 Å². The van der Waals surface area contributed by atoms with Crippen LogP contribution in [-0.4, -0.2) is 21.7 Å². The molecule has 37 heavy (non-hydrogen) atoms. The molecule has 1 heterocycles. The van der Waals surface area contributed by atoms with Crippen molar-refractivity contribution in [3.63, 3.8) is 0 Å². The van der Waals surface area contributed by atoms with E-state index in [9.17, 15) is 9.18 Å². The maximum atomic E-state index is 14.9. The van der Waals surface area contributed by atoms with E-state index < -0.39 is 17.5 Å². The van der Waals surface area contributed by atoms with Gasteiger partial charge in [0.1, 0.15) is 23.8 Å². The lowest BCUT2D eigenvalue weighted by molar-refractivity contribution is 0.0636. The van der Waals surface area contributed by atoms with E-state index in [1.807, 2.05) is 30.3 Å². The third-order valence-corrected chi connectivity index (χ3v) is 5.06. The number of hydrogen-bond acceptors (Lipinski definition) is 7. The number of hydrogen-bond donors (Lipinski definition) is 3. The van der Waals surface area contributed by atoms with Crippen LogP contribution in [0.15, 0.2) is 79.0 Å². The maximum Gasteiger partial charge on any atom is 0.412 e. The molecular formula is C28H28FN5O3. The predicted octanol–water partition coefficient (Wildman–Crippen LogP) is 6.53. The summed E-state index contributed by atoms with van der Waals surface area (Å²) < 4.78 is 26.2. The number of aromatic nitrogens is 2. The van der Waals surface area contributed by atoms with Gasteiger partial charge in [-0.2, -0.15) is 0 Å². The van der Waals surface area contributed by atoms with Crippen molar-refractivity contribution in [3.05, 3.63) is 90.4 Å². The molecule has 1 aromatic heterocycles. The van der Waals surface area contributed by atoms with Crippen molar-refractivity contribution in [2.24, 2.45) is 0 Å². The minimum Gasteiger partial charge on any atom is -0.488 e. The Bertz CT molecular complexity index is 1390. The molecule has 0 spiro atoms. The predicted molar refractivity (Wildman–Crippen MR) is 142 cm³/mol. The van der Waals surface area contributed by atoms with E-state index in [0.29, 0.717) is 29.3 Å². The number of anilines is 4. The molecule has 0 saturated heterocycles. The number of nitrogens with one attached hydrogen (secondary N) is 2. The van der Waals surface area contributed by atoms with Crippen LogP contribution in [0, 0.1) is 5.82 Å². The fraction of sp³-hybridized carbons (Fsp3) is 0.179. The first-order valence-corrected chi connectivity index (χ1v) is 11.6. The lowest BCUT2D eigenvalue weighted by atomic mass is 10.1. The quantitative estimate of drug-likeness (QED) is 0.264. The number of ether oxygens (including phenoxy) is 2. The van der Waals surface area contributed by atoms with Crippen molar-refractivity contribution >= 4 is 29.1 Å². The number of carbonyl (C=O) groups is 1. The van der Waals surface area contributed by atoms with Gasteiger partial charge in [-0.3, -0.25) is 5.32 Å². The topological polar surface area (TPSA) is 111 Å². The van der Waals surface area contributed by atoms with E-state index in [2.05, 4.69) is 20.6 Å². The highest BCUT2D eigenvalue weighted by atomic mass is 19.1. The molecule has 0 bridgehead atoms. The number of benzene rings is 3. The monoisotopic (exact) mass is 501 g/mol. The van der Waals surface area contributed by atoms with Gasteiger partial charge in [0.05, 0.1) is 11.4 Å². The van der Waals surface area contributed by atoms with Gasteiger partial charge in [-0.15, -0.1) is 0 Å². The third-order valence-electron chi connectivity index (χ3n) is 5.06. The first-order valence-electron chi connectivity index (χ1n) is 11.6. The summed E-state index contributed by atoms with van der Waals surface area (Å²) in [5.74, 6) is 0.166. The van der Waals surface area contributed by atoms with Crippen LogP contribution in [-0.2, 0) is 11.3 Å². The van der Waals surface area contributed by atoms with Crippen LogP contribution >= 0.6 is 0 Å². The summed E-state index contributed by atoms with van der Waals surface area (Å²) >= 11 is 0. The smallest absolute Gasteiger partial charge is 0.412 e. The van der Waals surface area contributed by atoms with Gasteiger partial charge in [-0.1, -0.05) is 30.3 Å². The minimum absolute atomic E-state index is 0.129. The summed E-state index contributed by atoms with van der Waals surface area (Å²) in [7, 11) is 0. The van der Waals surface area contributed by atoms with Gasteiger partial charge in [-0.25, -0.2) is 19.2 Å². The number of carbonyl (C=O) groups excluding carboxylic acids is 1. The normalized spacial score (nSPS) is 11.0. The van der Waals surface area contributed by atoms with Crippen molar-refractivity contribution in [2.45, 2.75) is 33.0 Å². The number of halogens is 1. The molecular weight excluding hydrogens is 473 g/mol. The average molecular weight is 502 g/mol. The number of nitrogens with two attached hydrogens (primary N) is 1. The molecule has 0 aliphatic carbocycles. The van der Waals surface area contributed by atoms with Gasteiger partial charge in [0.15, 0.2) is 0 Å². The summed E-state index contributed by atoms with van der Waals surface area (Å²) in [6.07, 6.45) is 0.905. The van der Waals surface area contributed by atoms with Gasteiger partial charge in [0.25, 0.3) is 0 Å². The molecule has 0 atom stereocenters. The van der Waals surface area contributed by atoms with E-state index in [4.69, 9.17) is 15.2 Å². The summed E-state index contributed by atoms with van der Waals surface area (Å²) in [6.45, 7) is 5.62. The Morgan fingerprint density at radius 2 is 1.76 bits per heavy atom. The van der Waals surface area contributed by atoms with Gasteiger partial charge in [-0.05, 0) is 68.8 Å². The molecule has 3 aromatic carbocycles. The number of amides is 1. The Morgan fingerprint density at radius 3 is 2.46 bits per heavy atom. The number of rotatable bonds is 7. The zero-order valence-electron chi connectivity index (χ0n) is 20.8. The van der Waals surface area contributed by atoms with Crippen molar-refractivity contribution < 1.29 is 18.7 Å². The lowest BCUT2D eigenvalue weighted by Gasteiger charge is -2.20. The van der Waals surface area contributed by atoms with E-state index in [0.717, 1.165) is 5.56 Å². The largest absolute Gasteiger partial charge is 0.488 e. The van der Waals surface area contributed by atoms with Crippen LogP contribution in [0.2, 0.25) is 0 Å². The average Bonchev–Trinajstić information content (AvgIpc) is 2.84. The van der Waals surface area contributed by atoms with E-state index in [1.165, 1.54) is 12.1 Å². The fourth-order valence-electron chi connectivity index (χ4n) is 3.46. The van der Waals surface area contributed by atoms with E-state index in [1.54, 1.807) is 57.3 Å². The van der Waals surface area contributed by atoms with E-state index in [-0.39, 0.29) is 17.3 Å². The van der Waals surface area contributed by atoms with Crippen LogP contribution in [0.25, 0.3) is 11.3 Å². The first kappa shape index (κ1) is 25.4. The highest BCUT2D eigenvalue weighted by molar-refractivity contribution is 5.85. The zero-order valence-corrected chi connectivity index (χ0v) is 20.8. The fourth-order valence-corrected chi connectivity index (χ4v) is 3.46. The molecule has 0 aliphatic rings. The second-order valence-electron chi connectivity index (χ2n) is 9.23. The van der Waals surface area contributed by atoms with Gasteiger partial charge >= 0.3 is 6.09 Å². The molecule has 4 aromatic rings. The Kier molecular flexibility index (Phi) is 7.52. The molecule has 0 fully saturated rings. The Hall–Kier alpha value is -4.66. The SMILES string of the molecule is CC(C)(C)OC(=O)Nc1ccc(Nc2ccc(OCc3ccccc3)c(-c3ccnc(N)n3)c2)c(F)c1. The van der Waals surface area contributed by atoms with Crippen LogP contribution in [0.1, 0.15) is 26.3 Å². The highest BCUT2D eigenvalue weighted by Crippen LogP contribution is 2.34. The Labute approximate surface area is 214 Å². The summed E-state index contributed by atoms with van der Waals surface area (Å²) in [5, 5.41) is 5.60. The summed E-state index contributed by atoms with van der Waals surface area (Å²) in [5.41, 5.74) is 8.50. The zero-order chi connectivity index (χ0) is 26.4. The van der Waals surface area contributed by atoms with Crippen LogP contribution in [0.5, 0.6) is 5.75 Å². The maximum absolute atomic E-state index is 14.9. The standard InChI is InChI=1S/C28H28FN5O3/c1-28(2,3)37-27(35)33-20-9-11-24(22(29)16-20)32-19-10-12-25(36-17-18-7-5-4-6-8-18)21(15-19)23-13-14-31-26(30)34-23/h4-16,32H,17H2,1-3H3,(H,33,35)(H2,30,31,34). The number of nitrogens with zero attached hydrogens (tertiary/aromatic N) is 2. The van der Waals surface area contributed by atoms with Gasteiger partial charge in [0.2, 0.25) is 5.95 Å². The highest BCUT2D eigenvalue weighted by Gasteiger charge is 2.17. The lowest BCUT2D eigenvalue weighted by Crippen LogP contribution is -2.27. The Balaban J connectivity index is 1.56.